The SMILES string of the molecule is OC1(c2ccc(-n3ccnn3)cc2)CC1. The minimum atomic E-state index is -0.555. The fraction of sp³-hybridized carbons (Fsp3) is 0.273. The highest BCUT2D eigenvalue weighted by molar-refractivity contribution is 5.37. The fourth-order valence-electron chi connectivity index (χ4n) is 1.68. The van der Waals surface area contributed by atoms with E-state index in [2.05, 4.69) is 10.3 Å². The van der Waals surface area contributed by atoms with E-state index >= 15 is 0 Å². The third-order valence-corrected chi connectivity index (χ3v) is 2.82. The summed E-state index contributed by atoms with van der Waals surface area (Å²) in [6.45, 7) is 0. The van der Waals surface area contributed by atoms with Gasteiger partial charge in [0, 0.05) is 0 Å². The lowest BCUT2D eigenvalue weighted by Gasteiger charge is -2.08. The van der Waals surface area contributed by atoms with Gasteiger partial charge >= 0.3 is 0 Å². The van der Waals surface area contributed by atoms with Gasteiger partial charge in [0.25, 0.3) is 0 Å². The standard InChI is InChI=1S/C11H11N3O/c15-11(5-6-11)9-1-3-10(4-2-9)14-8-7-12-13-14/h1-4,7-8,15H,5-6H2. The van der Waals surface area contributed by atoms with Crippen LogP contribution in [0.25, 0.3) is 5.69 Å². The summed E-state index contributed by atoms with van der Waals surface area (Å²) < 4.78 is 1.70. The van der Waals surface area contributed by atoms with Gasteiger partial charge in [-0.1, -0.05) is 17.3 Å². The summed E-state index contributed by atoms with van der Waals surface area (Å²) in [6, 6.07) is 7.79. The zero-order chi connectivity index (χ0) is 10.3. The van der Waals surface area contributed by atoms with Crippen LogP contribution in [0.1, 0.15) is 18.4 Å². The topological polar surface area (TPSA) is 50.9 Å². The molecular formula is C11H11N3O. The van der Waals surface area contributed by atoms with E-state index in [-0.39, 0.29) is 0 Å². The van der Waals surface area contributed by atoms with Crippen molar-refractivity contribution in [1.82, 2.24) is 15.0 Å². The molecule has 3 rings (SSSR count). The molecule has 1 aliphatic carbocycles. The summed E-state index contributed by atoms with van der Waals surface area (Å²) in [6.07, 6.45) is 5.18. The lowest BCUT2D eigenvalue weighted by molar-refractivity contribution is 0.151. The van der Waals surface area contributed by atoms with Gasteiger partial charge in [-0.2, -0.15) is 0 Å². The predicted molar refractivity (Wildman–Crippen MR) is 54.5 cm³/mol. The van der Waals surface area contributed by atoms with E-state index < -0.39 is 5.60 Å². The number of rotatable bonds is 2. The third kappa shape index (κ3) is 1.43. The van der Waals surface area contributed by atoms with E-state index in [4.69, 9.17) is 0 Å². The second-order valence-corrected chi connectivity index (χ2v) is 3.93. The van der Waals surface area contributed by atoms with Gasteiger partial charge in [-0.05, 0) is 30.5 Å². The Hall–Kier alpha value is -1.68. The Kier molecular flexibility index (Phi) is 1.67. The monoisotopic (exact) mass is 201 g/mol. The molecule has 0 radical (unpaired) electrons. The van der Waals surface area contributed by atoms with E-state index in [1.54, 1.807) is 17.1 Å². The van der Waals surface area contributed by atoms with Crippen molar-refractivity contribution < 1.29 is 5.11 Å². The molecule has 15 heavy (non-hydrogen) atoms. The first-order chi connectivity index (χ1) is 7.28. The molecule has 1 aromatic heterocycles. The number of benzene rings is 1. The Bertz CT molecular complexity index is 457. The summed E-state index contributed by atoms with van der Waals surface area (Å²) in [7, 11) is 0. The maximum absolute atomic E-state index is 9.89. The van der Waals surface area contributed by atoms with Crippen LogP contribution in [0.3, 0.4) is 0 Å². The summed E-state index contributed by atoms with van der Waals surface area (Å²) in [5, 5.41) is 17.5. The summed E-state index contributed by atoms with van der Waals surface area (Å²) in [5.74, 6) is 0. The van der Waals surface area contributed by atoms with E-state index in [0.29, 0.717) is 0 Å². The molecule has 1 aromatic carbocycles. The molecule has 76 valence electrons. The Morgan fingerprint density at radius 3 is 2.47 bits per heavy atom. The molecule has 1 aliphatic rings. The molecule has 0 saturated heterocycles. The maximum atomic E-state index is 9.89. The predicted octanol–water partition coefficient (Wildman–Crippen LogP) is 1.25. The van der Waals surface area contributed by atoms with Gasteiger partial charge in [0.05, 0.1) is 23.7 Å². The first kappa shape index (κ1) is 8.61. The molecule has 0 bridgehead atoms. The molecule has 4 nitrogen and oxygen atoms in total. The van der Waals surface area contributed by atoms with Gasteiger partial charge < -0.3 is 5.11 Å². The highest BCUT2D eigenvalue weighted by Gasteiger charge is 2.41. The normalized spacial score (nSPS) is 17.7. The molecule has 0 spiro atoms. The van der Waals surface area contributed by atoms with Gasteiger partial charge in [0.15, 0.2) is 0 Å². The van der Waals surface area contributed by atoms with E-state index in [9.17, 15) is 5.11 Å². The van der Waals surface area contributed by atoms with Gasteiger partial charge in [-0.25, -0.2) is 4.68 Å². The van der Waals surface area contributed by atoms with Crippen molar-refractivity contribution in [2.24, 2.45) is 0 Å². The van der Waals surface area contributed by atoms with E-state index in [1.807, 2.05) is 24.3 Å². The zero-order valence-electron chi connectivity index (χ0n) is 8.17. The Morgan fingerprint density at radius 1 is 1.20 bits per heavy atom. The Morgan fingerprint density at radius 2 is 1.93 bits per heavy atom. The molecule has 0 amide bonds. The third-order valence-electron chi connectivity index (χ3n) is 2.82. The highest BCUT2D eigenvalue weighted by Crippen LogP contribution is 2.45. The fourth-order valence-corrected chi connectivity index (χ4v) is 1.68. The molecule has 2 aromatic rings. The number of aliphatic hydroxyl groups is 1. The molecule has 0 unspecified atom stereocenters. The molecule has 0 atom stereocenters. The lowest BCUT2D eigenvalue weighted by atomic mass is 10.1. The largest absolute Gasteiger partial charge is 0.385 e. The van der Waals surface area contributed by atoms with Crippen LogP contribution in [0.2, 0.25) is 0 Å². The number of hydrogen-bond acceptors (Lipinski definition) is 3. The average molecular weight is 201 g/mol. The van der Waals surface area contributed by atoms with Crippen molar-refractivity contribution in [2.45, 2.75) is 18.4 Å². The van der Waals surface area contributed by atoms with E-state index in [0.717, 1.165) is 24.1 Å². The summed E-state index contributed by atoms with van der Waals surface area (Å²) in [5.41, 5.74) is 1.40. The quantitative estimate of drug-likeness (QED) is 0.795. The van der Waals surface area contributed by atoms with Crippen LogP contribution in [-0.4, -0.2) is 20.1 Å². The number of aromatic nitrogens is 3. The second-order valence-electron chi connectivity index (χ2n) is 3.93. The van der Waals surface area contributed by atoms with Crippen LogP contribution in [-0.2, 0) is 5.60 Å². The van der Waals surface area contributed by atoms with Crippen molar-refractivity contribution in [2.75, 3.05) is 0 Å². The number of hydrogen-bond donors (Lipinski definition) is 1. The Labute approximate surface area is 87.2 Å². The van der Waals surface area contributed by atoms with E-state index in [1.165, 1.54) is 0 Å². The Balaban J connectivity index is 1.94. The highest BCUT2D eigenvalue weighted by atomic mass is 16.3. The van der Waals surface area contributed by atoms with Gasteiger partial charge in [0.1, 0.15) is 0 Å². The molecular weight excluding hydrogens is 190 g/mol. The molecule has 1 fully saturated rings. The number of nitrogens with zero attached hydrogens (tertiary/aromatic N) is 3. The molecule has 1 heterocycles. The zero-order valence-corrected chi connectivity index (χ0v) is 8.17. The van der Waals surface area contributed by atoms with Crippen molar-refractivity contribution in [1.29, 1.82) is 0 Å². The summed E-state index contributed by atoms with van der Waals surface area (Å²) >= 11 is 0. The maximum Gasteiger partial charge on any atom is 0.0899 e. The van der Waals surface area contributed by atoms with Crippen molar-refractivity contribution in [3.05, 3.63) is 42.2 Å². The minimum Gasteiger partial charge on any atom is -0.385 e. The second kappa shape index (κ2) is 2.90. The van der Waals surface area contributed by atoms with Gasteiger partial charge in [-0.3, -0.25) is 0 Å². The van der Waals surface area contributed by atoms with Crippen LogP contribution < -0.4 is 0 Å². The molecule has 1 saturated carbocycles. The van der Waals surface area contributed by atoms with Crippen molar-refractivity contribution in [3.63, 3.8) is 0 Å². The average Bonchev–Trinajstić information content (AvgIpc) is 2.84. The van der Waals surface area contributed by atoms with Crippen LogP contribution in [0.15, 0.2) is 36.7 Å². The first-order valence-electron chi connectivity index (χ1n) is 4.98. The molecule has 4 heteroatoms. The van der Waals surface area contributed by atoms with Gasteiger partial charge in [0.2, 0.25) is 0 Å². The lowest BCUT2D eigenvalue weighted by Crippen LogP contribution is -2.04. The van der Waals surface area contributed by atoms with Crippen LogP contribution >= 0.6 is 0 Å². The molecule has 1 N–H and O–H groups in total. The van der Waals surface area contributed by atoms with Crippen LogP contribution in [0.5, 0.6) is 0 Å². The van der Waals surface area contributed by atoms with Crippen LogP contribution in [0.4, 0.5) is 0 Å². The van der Waals surface area contributed by atoms with Crippen molar-refractivity contribution in [3.8, 4) is 5.69 Å². The summed E-state index contributed by atoms with van der Waals surface area (Å²) in [4.78, 5) is 0. The van der Waals surface area contributed by atoms with Crippen LogP contribution in [0, 0.1) is 0 Å². The molecule has 0 aliphatic heterocycles. The van der Waals surface area contributed by atoms with Gasteiger partial charge in [-0.15, -0.1) is 5.10 Å². The smallest absolute Gasteiger partial charge is 0.0899 e. The first-order valence-corrected chi connectivity index (χ1v) is 4.98. The van der Waals surface area contributed by atoms with Crippen molar-refractivity contribution >= 4 is 0 Å². The minimum absolute atomic E-state index is 0.555.